The van der Waals surface area contributed by atoms with Gasteiger partial charge in [0.1, 0.15) is 0 Å². The third kappa shape index (κ3) is 5.27. The van der Waals surface area contributed by atoms with Gasteiger partial charge in [0.15, 0.2) is 0 Å². The van der Waals surface area contributed by atoms with E-state index in [0.29, 0.717) is 13.0 Å². The third-order valence-electron chi connectivity index (χ3n) is 0.466. The molecule has 0 fully saturated rings. The van der Waals surface area contributed by atoms with E-state index < -0.39 is 0 Å². The molecule has 0 aliphatic heterocycles. The Morgan fingerprint density at radius 3 is 2.86 bits per heavy atom. The van der Waals surface area contributed by atoms with Crippen molar-refractivity contribution in [2.45, 2.75) is 6.42 Å². The molecular formula is C3H6N3O. The van der Waals surface area contributed by atoms with Crippen molar-refractivity contribution in [3.63, 3.8) is 0 Å². The first-order valence-corrected chi connectivity index (χ1v) is 2.00. The molecule has 0 aromatic heterocycles. The van der Waals surface area contributed by atoms with E-state index in [1.807, 2.05) is 0 Å². The molecule has 0 saturated heterocycles. The van der Waals surface area contributed by atoms with Gasteiger partial charge in [-0.15, -0.1) is 0 Å². The topological polar surface area (TPSA) is 68.7 Å². The van der Waals surface area contributed by atoms with Gasteiger partial charge in [-0.25, -0.2) is 5.11 Å². The summed E-state index contributed by atoms with van der Waals surface area (Å²) < 4.78 is 0. The van der Waals surface area contributed by atoms with Crippen LogP contribution in [-0.2, 0) is 5.11 Å². The molecule has 1 radical (unpaired) electrons. The molecule has 0 saturated carbocycles. The highest BCUT2D eigenvalue weighted by Gasteiger charge is 1.76. The van der Waals surface area contributed by atoms with Gasteiger partial charge in [0.05, 0.1) is 6.61 Å². The lowest BCUT2D eigenvalue weighted by atomic mass is 10.5. The zero-order valence-electron chi connectivity index (χ0n) is 3.87. The van der Waals surface area contributed by atoms with Gasteiger partial charge >= 0.3 is 0 Å². The lowest BCUT2D eigenvalue weighted by Gasteiger charge is -1.78. The number of nitrogens with zero attached hydrogens (tertiary/aromatic N) is 3. The molecule has 7 heavy (non-hydrogen) atoms. The maximum absolute atomic E-state index is 9.62. The lowest BCUT2D eigenvalue weighted by molar-refractivity contribution is 0.191. The van der Waals surface area contributed by atoms with Crippen LogP contribution in [0.25, 0.3) is 10.4 Å². The summed E-state index contributed by atoms with van der Waals surface area (Å²) in [5, 5.41) is 12.8. The van der Waals surface area contributed by atoms with Crippen LogP contribution in [0.3, 0.4) is 0 Å². The van der Waals surface area contributed by atoms with E-state index in [1.54, 1.807) is 0 Å². The van der Waals surface area contributed by atoms with Crippen molar-refractivity contribution in [2.24, 2.45) is 5.11 Å². The highest BCUT2D eigenvalue weighted by Crippen LogP contribution is 1.77. The molecule has 0 spiro atoms. The molecule has 0 aromatic rings. The van der Waals surface area contributed by atoms with Crippen molar-refractivity contribution in [2.75, 3.05) is 13.2 Å². The standard InChI is InChI=1S/C3H6N3O/c4-6-5-2-1-3-7/h1-3H2. The van der Waals surface area contributed by atoms with Crippen LogP contribution in [0.4, 0.5) is 0 Å². The summed E-state index contributed by atoms with van der Waals surface area (Å²) >= 11 is 0. The molecule has 0 rings (SSSR count). The summed E-state index contributed by atoms with van der Waals surface area (Å²) in [5.74, 6) is 0. The largest absolute Gasteiger partial charge is 0.237 e. The first-order valence-electron chi connectivity index (χ1n) is 2.00. The highest BCUT2D eigenvalue weighted by atomic mass is 16.3. The van der Waals surface area contributed by atoms with Crippen LogP contribution >= 0.6 is 0 Å². The molecular weight excluding hydrogens is 94.1 g/mol. The van der Waals surface area contributed by atoms with Crippen molar-refractivity contribution >= 4 is 0 Å². The fourth-order valence-electron chi connectivity index (χ4n) is 0.180. The first kappa shape index (κ1) is 6.27. The fraction of sp³-hybridized carbons (Fsp3) is 1.00. The number of azide groups is 1. The van der Waals surface area contributed by atoms with Crippen LogP contribution in [0, 0.1) is 0 Å². The normalized spacial score (nSPS) is 7.57. The van der Waals surface area contributed by atoms with Crippen LogP contribution in [0.15, 0.2) is 5.11 Å². The summed E-state index contributed by atoms with van der Waals surface area (Å²) in [6.45, 7) is 0.180. The zero-order valence-corrected chi connectivity index (χ0v) is 3.87. The molecule has 4 heteroatoms. The summed E-state index contributed by atoms with van der Waals surface area (Å²) in [4.78, 5) is 2.46. The van der Waals surface area contributed by atoms with Crippen molar-refractivity contribution in [1.29, 1.82) is 0 Å². The van der Waals surface area contributed by atoms with E-state index in [-0.39, 0.29) is 6.61 Å². The highest BCUT2D eigenvalue weighted by molar-refractivity contribution is 4.43. The first-order chi connectivity index (χ1) is 3.41. The molecule has 0 aromatic carbocycles. The van der Waals surface area contributed by atoms with Crippen molar-refractivity contribution < 1.29 is 5.11 Å². The molecule has 0 unspecified atom stereocenters. The van der Waals surface area contributed by atoms with E-state index in [9.17, 15) is 5.11 Å². The van der Waals surface area contributed by atoms with Gasteiger partial charge in [-0.2, -0.15) is 0 Å². The minimum atomic E-state index is -0.154. The Kier molecular flexibility index (Phi) is 4.72. The quantitative estimate of drug-likeness (QED) is 0.221. The molecule has 39 valence electrons. The van der Waals surface area contributed by atoms with Crippen LogP contribution in [0.2, 0.25) is 0 Å². The summed E-state index contributed by atoms with van der Waals surface area (Å²) in [5.41, 5.74) is 7.65. The minimum Gasteiger partial charge on any atom is -0.237 e. The number of hydrogen-bond donors (Lipinski definition) is 0. The molecule has 0 heterocycles. The van der Waals surface area contributed by atoms with Crippen molar-refractivity contribution in [3.8, 4) is 0 Å². The Hall–Kier alpha value is -0.730. The predicted molar refractivity (Wildman–Crippen MR) is 24.2 cm³/mol. The van der Waals surface area contributed by atoms with E-state index in [1.165, 1.54) is 0 Å². The molecule has 0 bridgehead atoms. The molecule has 0 amide bonds. The second-order valence-corrected chi connectivity index (χ2v) is 1.01. The molecule has 4 nitrogen and oxygen atoms in total. The lowest BCUT2D eigenvalue weighted by Crippen LogP contribution is -1.81. The number of rotatable bonds is 3. The van der Waals surface area contributed by atoms with Crippen molar-refractivity contribution in [1.82, 2.24) is 0 Å². The average Bonchev–Trinajstić information content (AvgIpc) is 1.69. The smallest absolute Gasteiger partial charge is 0.0823 e. The second-order valence-electron chi connectivity index (χ2n) is 1.01. The Balaban J connectivity index is 2.83. The Morgan fingerprint density at radius 2 is 2.43 bits per heavy atom. The van der Waals surface area contributed by atoms with Crippen LogP contribution < -0.4 is 0 Å². The van der Waals surface area contributed by atoms with Gasteiger partial charge in [-0.3, -0.25) is 0 Å². The Bertz CT molecular complexity index is 76.2. The maximum Gasteiger partial charge on any atom is 0.0823 e. The minimum absolute atomic E-state index is 0.154. The average molecular weight is 100 g/mol. The fourth-order valence-corrected chi connectivity index (χ4v) is 0.180. The van der Waals surface area contributed by atoms with Gasteiger partial charge in [0, 0.05) is 11.5 Å². The molecule has 0 N–H and O–H groups in total. The summed E-state index contributed by atoms with van der Waals surface area (Å²) in [6, 6.07) is 0. The Morgan fingerprint density at radius 1 is 1.71 bits per heavy atom. The SMILES string of the molecule is [N-]=[N+]=NCCC[O]. The second kappa shape index (κ2) is 5.27. The van der Waals surface area contributed by atoms with Gasteiger partial charge in [-0.1, -0.05) is 5.11 Å². The van der Waals surface area contributed by atoms with Gasteiger partial charge < -0.3 is 0 Å². The predicted octanol–water partition coefficient (Wildman–Crippen LogP) is 1.12. The van der Waals surface area contributed by atoms with Gasteiger partial charge in [-0.05, 0) is 12.0 Å². The van der Waals surface area contributed by atoms with Gasteiger partial charge in [0.2, 0.25) is 0 Å². The van der Waals surface area contributed by atoms with E-state index in [2.05, 4.69) is 10.0 Å². The summed E-state index contributed by atoms with van der Waals surface area (Å²) in [6.07, 6.45) is 0.448. The monoisotopic (exact) mass is 100 g/mol. The van der Waals surface area contributed by atoms with Crippen LogP contribution in [0.5, 0.6) is 0 Å². The third-order valence-corrected chi connectivity index (χ3v) is 0.466. The molecule has 0 atom stereocenters. The van der Waals surface area contributed by atoms with E-state index in [0.717, 1.165) is 0 Å². The Labute approximate surface area is 41.4 Å². The van der Waals surface area contributed by atoms with Crippen LogP contribution in [-0.4, -0.2) is 13.2 Å². The zero-order chi connectivity index (χ0) is 5.54. The molecule has 0 aliphatic carbocycles. The van der Waals surface area contributed by atoms with Gasteiger partial charge in [0.25, 0.3) is 0 Å². The van der Waals surface area contributed by atoms with E-state index in [4.69, 9.17) is 5.53 Å². The summed E-state index contributed by atoms with van der Waals surface area (Å²) in [7, 11) is 0. The maximum atomic E-state index is 9.62. The van der Waals surface area contributed by atoms with E-state index >= 15 is 0 Å². The van der Waals surface area contributed by atoms with Crippen LogP contribution in [0.1, 0.15) is 6.42 Å². The molecule has 0 aliphatic rings. The van der Waals surface area contributed by atoms with Crippen molar-refractivity contribution in [3.05, 3.63) is 10.4 Å². The number of hydrogen-bond acceptors (Lipinski definition) is 1.